The van der Waals surface area contributed by atoms with E-state index < -0.39 is 23.1 Å². The van der Waals surface area contributed by atoms with Crippen molar-refractivity contribution in [3.8, 4) is 0 Å². The Bertz CT molecular complexity index is 1050. The molecule has 3 rings (SSSR count). The highest BCUT2D eigenvalue weighted by atomic mass is 19.1. The lowest BCUT2D eigenvalue weighted by Crippen LogP contribution is -2.32. The van der Waals surface area contributed by atoms with Crippen molar-refractivity contribution in [2.45, 2.75) is 13.5 Å². The van der Waals surface area contributed by atoms with Crippen LogP contribution in [0.5, 0.6) is 0 Å². The van der Waals surface area contributed by atoms with Gasteiger partial charge in [0.1, 0.15) is 23.8 Å². The molecule has 0 bridgehead atoms. The standard InChI is InChI=1S/C20H16F2N2O3/c1-13-5-2-3-6-14(13)12-27-24-10-4-7-16(20(24)26)19(25)23-18-11-15(21)8-9-17(18)22/h2-11H,12H2,1H3,(H,23,25). The summed E-state index contributed by atoms with van der Waals surface area (Å²) in [6.45, 7) is 2.05. The zero-order valence-electron chi connectivity index (χ0n) is 14.4. The number of carbonyl (C=O) groups is 1. The van der Waals surface area contributed by atoms with E-state index >= 15 is 0 Å². The minimum atomic E-state index is -0.863. The lowest BCUT2D eigenvalue weighted by atomic mass is 10.1. The molecule has 0 saturated heterocycles. The van der Waals surface area contributed by atoms with Crippen LogP contribution in [0, 0.1) is 18.6 Å². The Morgan fingerprint density at radius 1 is 1.11 bits per heavy atom. The fourth-order valence-corrected chi connectivity index (χ4v) is 2.44. The molecule has 0 atom stereocenters. The number of nitrogens with one attached hydrogen (secondary N) is 1. The van der Waals surface area contributed by atoms with Crippen LogP contribution in [-0.4, -0.2) is 10.6 Å². The number of benzene rings is 2. The summed E-state index contributed by atoms with van der Waals surface area (Å²) >= 11 is 0. The molecule has 0 saturated carbocycles. The monoisotopic (exact) mass is 370 g/mol. The summed E-state index contributed by atoms with van der Waals surface area (Å²) in [4.78, 5) is 30.3. The minimum absolute atomic E-state index is 0.135. The average Bonchev–Trinajstić information content (AvgIpc) is 2.65. The van der Waals surface area contributed by atoms with Crippen LogP contribution in [0.4, 0.5) is 14.5 Å². The third-order valence-electron chi connectivity index (χ3n) is 3.96. The van der Waals surface area contributed by atoms with Crippen LogP contribution < -0.4 is 15.7 Å². The van der Waals surface area contributed by atoms with Gasteiger partial charge < -0.3 is 10.2 Å². The highest BCUT2D eigenvalue weighted by molar-refractivity contribution is 6.04. The van der Waals surface area contributed by atoms with Gasteiger partial charge in [0, 0.05) is 12.3 Å². The molecule has 0 spiro atoms. The molecule has 0 aliphatic carbocycles. The van der Waals surface area contributed by atoms with Crippen molar-refractivity contribution in [1.82, 2.24) is 4.73 Å². The van der Waals surface area contributed by atoms with Crippen molar-refractivity contribution in [2.75, 3.05) is 5.32 Å². The van der Waals surface area contributed by atoms with Crippen molar-refractivity contribution in [2.24, 2.45) is 0 Å². The largest absolute Gasteiger partial charge is 0.406 e. The van der Waals surface area contributed by atoms with Crippen LogP contribution >= 0.6 is 0 Å². The van der Waals surface area contributed by atoms with Gasteiger partial charge in [-0.25, -0.2) is 8.78 Å². The van der Waals surface area contributed by atoms with Crippen LogP contribution in [0.1, 0.15) is 21.5 Å². The van der Waals surface area contributed by atoms with Crippen LogP contribution in [0.2, 0.25) is 0 Å². The first-order valence-electron chi connectivity index (χ1n) is 8.11. The molecule has 3 aromatic rings. The van der Waals surface area contributed by atoms with Gasteiger partial charge in [-0.15, -0.1) is 0 Å². The summed E-state index contributed by atoms with van der Waals surface area (Å²) in [7, 11) is 0. The Hall–Kier alpha value is -3.48. The van der Waals surface area contributed by atoms with E-state index in [4.69, 9.17) is 4.84 Å². The van der Waals surface area contributed by atoms with E-state index in [1.807, 2.05) is 31.2 Å². The van der Waals surface area contributed by atoms with E-state index in [0.717, 1.165) is 34.1 Å². The van der Waals surface area contributed by atoms with Crippen LogP contribution in [0.25, 0.3) is 0 Å². The molecule has 27 heavy (non-hydrogen) atoms. The predicted molar refractivity (Wildman–Crippen MR) is 96.5 cm³/mol. The van der Waals surface area contributed by atoms with Gasteiger partial charge in [0.2, 0.25) is 0 Å². The first-order valence-corrected chi connectivity index (χ1v) is 8.11. The first-order chi connectivity index (χ1) is 13.0. The van der Waals surface area contributed by atoms with Gasteiger partial charge in [0.05, 0.1) is 5.69 Å². The van der Waals surface area contributed by atoms with Gasteiger partial charge >= 0.3 is 0 Å². The minimum Gasteiger partial charge on any atom is -0.406 e. The van der Waals surface area contributed by atoms with Gasteiger partial charge in [-0.1, -0.05) is 24.3 Å². The molecule has 0 aliphatic rings. The summed E-state index contributed by atoms with van der Waals surface area (Å²) in [6, 6.07) is 12.9. The number of nitrogens with zero attached hydrogens (tertiary/aromatic N) is 1. The van der Waals surface area contributed by atoms with E-state index in [0.29, 0.717) is 0 Å². The lowest BCUT2D eigenvalue weighted by molar-refractivity contribution is 0.0861. The van der Waals surface area contributed by atoms with Crippen LogP contribution in [0.15, 0.2) is 65.6 Å². The van der Waals surface area contributed by atoms with Gasteiger partial charge in [0.25, 0.3) is 11.5 Å². The van der Waals surface area contributed by atoms with Crippen molar-refractivity contribution in [3.63, 3.8) is 0 Å². The topological polar surface area (TPSA) is 60.3 Å². The Balaban J connectivity index is 1.80. The summed E-state index contributed by atoms with van der Waals surface area (Å²) in [5.74, 6) is -2.38. The average molecular weight is 370 g/mol. The normalized spacial score (nSPS) is 10.5. The molecular formula is C20H16F2N2O3. The zero-order chi connectivity index (χ0) is 19.4. The molecule has 7 heteroatoms. The van der Waals surface area contributed by atoms with Gasteiger partial charge in [0.15, 0.2) is 0 Å². The zero-order valence-corrected chi connectivity index (χ0v) is 14.4. The number of carbonyl (C=O) groups excluding carboxylic acids is 1. The predicted octanol–water partition coefficient (Wildman–Crippen LogP) is 3.32. The van der Waals surface area contributed by atoms with E-state index in [9.17, 15) is 18.4 Å². The summed E-state index contributed by atoms with van der Waals surface area (Å²) in [5, 5.41) is 2.20. The number of halogens is 2. The second kappa shape index (κ2) is 7.82. The Kier molecular flexibility index (Phi) is 5.30. The van der Waals surface area contributed by atoms with Crippen molar-refractivity contribution in [3.05, 3.63) is 99.5 Å². The van der Waals surface area contributed by atoms with E-state index in [1.165, 1.54) is 18.3 Å². The number of pyridine rings is 1. The van der Waals surface area contributed by atoms with Gasteiger partial charge in [-0.2, -0.15) is 4.73 Å². The number of hydrogen-bond donors (Lipinski definition) is 1. The number of amides is 1. The summed E-state index contributed by atoms with van der Waals surface area (Å²) < 4.78 is 27.9. The van der Waals surface area contributed by atoms with Crippen LogP contribution in [0.3, 0.4) is 0 Å². The van der Waals surface area contributed by atoms with E-state index in [1.54, 1.807) is 0 Å². The molecular weight excluding hydrogens is 354 g/mol. The molecule has 2 aromatic carbocycles. The second-order valence-corrected chi connectivity index (χ2v) is 5.83. The van der Waals surface area contributed by atoms with Gasteiger partial charge in [-0.3, -0.25) is 9.59 Å². The van der Waals surface area contributed by atoms with Gasteiger partial charge in [-0.05, 0) is 42.3 Å². The molecule has 1 heterocycles. The molecule has 0 radical (unpaired) electrons. The quantitative estimate of drug-likeness (QED) is 0.750. The smallest absolute Gasteiger partial charge is 0.295 e. The summed E-state index contributed by atoms with van der Waals surface area (Å²) in [5.41, 5.74) is 0.573. The maximum Gasteiger partial charge on any atom is 0.295 e. The molecule has 1 N–H and O–H groups in total. The number of aryl methyl sites for hydroxylation is 1. The SMILES string of the molecule is Cc1ccccc1COn1cccc(C(=O)Nc2cc(F)ccc2F)c1=O. The molecule has 0 fully saturated rings. The number of rotatable bonds is 5. The molecule has 1 aromatic heterocycles. The maximum absolute atomic E-state index is 13.7. The van der Waals surface area contributed by atoms with Crippen molar-refractivity contribution < 1.29 is 18.4 Å². The number of hydrogen-bond acceptors (Lipinski definition) is 3. The Labute approximate surface area is 153 Å². The molecule has 1 amide bonds. The van der Waals surface area contributed by atoms with Crippen LogP contribution in [-0.2, 0) is 6.61 Å². The third-order valence-corrected chi connectivity index (χ3v) is 3.96. The Morgan fingerprint density at radius 3 is 2.67 bits per heavy atom. The fourth-order valence-electron chi connectivity index (χ4n) is 2.44. The molecule has 0 aliphatic heterocycles. The van der Waals surface area contributed by atoms with E-state index in [2.05, 4.69) is 5.32 Å². The molecule has 0 unspecified atom stereocenters. The number of aromatic nitrogens is 1. The van der Waals surface area contributed by atoms with Crippen molar-refractivity contribution in [1.29, 1.82) is 0 Å². The molecule has 138 valence electrons. The molecule has 5 nitrogen and oxygen atoms in total. The van der Waals surface area contributed by atoms with E-state index in [-0.39, 0.29) is 17.9 Å². The second-order valence-electron chi connectivity index (χ2n) is 5.83. The summed E-state index contributed by atoms with van der Waals surface area (Å²) in [6.07, 6.45) is 1.38. The fraction of sp³-hybridized carbons (Fsp3) is 0.100. The third kappa shape index (κ3) is 4.20. The maximum atomic E-state index is 13.7. The number of anilines is 1. The highest BCUT2D eigenvalue weighted by Crippen LogP contribution is 2.16. The van der Waals surface area contributed by atoms with Crippen molar-refractivity contribution >= 4 is 11.6 Å². The Morgan fingerprint density at radius 2 is 1.89 bits per heavy atom. The lowest BCUT2D eigenvalue weighted by Gasteiger charge is -2.11. The highest BCUT2D eigenvalue weighted by Gasteiger charge is 2.15. The first kappa shape index (κ1) is 18.3.